The fourth-order valence-electron chi connectivity index (χ4n) is 5.72. The van der Waals surface area contributed by atoms with Gasteiger partial charge < -0.3 is 9.16 Å². The maximum absolute atomic E-state index is 12.5. The summed E-state index contributed by atoms with van der Waals surface area (Å²) in [5.74, 6) is 1.07. The minimum absolute atomic E-state index is 0.0875. The first-order valence-electron chi connectivity index (χ1n) is 13.8. The van der Waals surface area contributed by atoms with E-state index in [1.807, 2.05) is 6.08 Å². The minimum atomic E-state index is -2.72. The lowest BCUT2D eigenvalue weighted by Crippen LogP contribution is -2.68. The molecule has 2 aromatic carbocycles. The van der Waals surface area contributed by atoms with Crippen molar-refractivity contribution in [3.63, 3.8) is 0 Å². The van der Waals surface area contributed by atoms with Crippen molar-refractivity contribution >= 4 is 24.5 Å². The number of ether oxygens (including phenoxy) is 1. The fraction of sp³-hybridized carbons (Fsp3) is 0.469. The van der Waals surface area contributed by atoms with Crippen LogP contribution in [0.2, 0.25) is 5.04 Å². The molecule has 0 spiro atoms. The van der Waals surface area contributed by atoms with E-state index in [2.05, 4.69) is 94.4 Å². The van der Waals surface area contributed by atoms with Gasteiger partial charge in [-0.05, 0) is 40.4 Å². The van der Waals surface area contributed by atoms with Crippen LogP contribution in [0.15, 0.2) is 84.1 Å². The first kappa shape index (κ1) is 26.6. The number of unbranched alkanes of at least 4 members (excludes halogenated alkanes) is 3. The summed E-state index contributed by atoms with van der Waals surface area (Å²) >= 11 is 0. The van der Waals surface area contributed by atoms with Gasteiger partial charge in [0.15, 0.2) is 5.78 Å². The van der Waals surface area contributed by atoms with Gasteiger partial charge in [-0.1, -0.05) is 114 Å². The van der Waals surface area contributed by atoms with Gasteiger partial charge in [0.25, 0.3) is 8.32 Å². The van der Waals surface area contributed by atoms with Crippen LogP contribution < -0.4 is 10.4 Å². The van der Waals surface area contributed by atoms with Crippen molar-refractivity contribution in [3.8, 4) is 0 Å². The highest BCUT2D eigenvalue weighted by Crippen LogP contribution is 2.40. The molecule has 0 amide bonds. The van der Waals surface area contributed by atoms with Crippen LogP contribution in [0, 0.1) is 0 Å². The number of hydrogen-bond donors (Lipinski definition) is 0. The largest absolute Gasteiger partial charge is 0.487 e. The third-order valence-electron chi connectivity index (χ3n) is 7.59. The number of allylic oxidation sites excluding steroid dienone is 3. The van der Waals surface area contributed by atoms with Gasteiger partial charge in [0.05, 0.1) is 11.7 Å². The van der Waals surface area contributed by atoms with Crippen molar-refractivity contribution in [1.29, 1.82) is 0 Å². The summed E-state index contributed by atoms with van der Waals surface area (Å²) in [6, 6.07) is 21.7. The number of rotatable bonds is 10. The van der Waals surface area contributed by atoms with Crippen LogP contribution in [-0.4, -0.2) is 26.3 Å². The molecule has 2 aromatic rings. The van der Waals surface area contributed by atoms with E-state index < -0.39 is 8.32 Å². The molecule has 4 rings (SSSR count). The molecule has 2 aliphatic rings. The van der Waals surface area contributed by atoms with Gasteiger partial charge in [-0.2, -0.15) is 0 Å². The Hall–Kier alpha value is -2.43. The lowest BCUT2D eigenvalue weighted by molar-refractivity contribution is -0.116. The van der Waals surface area contributed by atoms with Gasteiger partial charge in [0.1, 0.15) is 11.9 Å². The standard InChI is InChI=1S/C32H42O3Si/c1-5-6-7-14-21-31(30-24-23-27-28(33)20-15-22-29(27)34-30)35-36(32(2,3)4,25-16-10-8-11-17-25)26-18-12-9-13-19-26/h8-13,16-19,23-24,30-31H,5-7,14-15,20-22H2,1-4H3/t30-,31?/m0/s1. The summed E-state index contributed by atoms with van der Waals surface area (Å²) in [4.78, 5) is 12.5. The van der Waals surface area contributed by atoms with Crippen LogP contribution in [0.25, 0.3) is 0 Å². The fourth-order valence-corrected chi connectivity index (χ4v) is 10.4. The Labute approximate surface area is 218 Å². The topological polar surface area (TPSA) is 35.5 Å². The highest BCUT2D eigenvalue weighted by atomic mass is 28.4. The molecule has 0 bridgehead atoms. The highest BCUT2D eigenvalue weighted by Gasteiger charge is 2.52. The molecule has 0 saturated carbocycles. The molecular formula is C32H42O3Si. The SMILES string of the molecule is CCCCCCC(O[Si](c1ccccc1)(c1ccccc1)C(C)(C)C)[C@@H]1C=CC2=C(CCCC2=O)O1. The summed E-state index contributed by atoms with van der Waals surface area (Å²) in [5, 5.41) is 2.48. The molecule has 4 heteroatoms. The summed E-state index contributed by atoms with van der Waals surface area (Å²) in [6.07, 6.45) is 11.8. The van der Waals surface area contributed by atoms with Crippen molar-refractivity contribution in [2.24, 2.45) is 0 Å². The Morgan fingerprint density at radius 3 is 2.17 bits per heavy atom. The normalized spacial score (nSPS) is 19.1. The van der Waals surface area contributed by atoms with Gasteiger partial charge in [0, 0.05) is 12.8 Å². The molecule has 2 atom stereocenters. The quantitative estimate of drug-likeness (QED) is 0.263. The highest BCUT2D eigenvalue weighted by molar-refractivity contribution is 6.99. The third kappa shape index (κ3) is 5.60. The van der Waals surface area contributed by atoms with Crippen LogP contribution in [0.3, 0.4) is 0 Å². The lowest BCUT2D eigenvalue weighted by Gasteiger charge is -2.46. The zero-order valence-corrected chi connectivity index (χ0v) is 23.5. The van der Waals surface area contributed by atoms with Crippen LogP contribution in [-0.2, 0) is 14.0 Å². The predicted octanol–water partition coefficient (Wildman–Crippen LogP) is 6.86. The van der Waals surface area contributed by atoms with Crippen LogP contribution in [0.1, 0.15) is 79.1 Å². The molecular weight excluding hydrogens is 460 g/mol. The van der Waals surface area contributed by atoms with Gasteiger partial charge in [-0.3, -0.25) is 4.79 Å². The third-order valence-corrected chi connectivity index (χ3v) is 12.7. The van der Waals surface area contributed by atoms with Crippen molar-refractivity contribution in [2.75, 3.05) is 0 Å². The van der Waals surface area contributed by atoms with Gasteiger partial charge in [0.2, 0.25) is 0 Å². The summed E-state index contributed by atoms with van der Waals surface area (Å²) in [5.41, 5.74) is 0.771. The van der Waals surface area contributed by atoms with Crippen LogP contribution in [0.4, 0.5) is 0 Å². The second kappa shape index (κ2) is 11.7. The smallest absolute Gasteiger partial charge is 0.261 e. The van der Waals surface area contributed by atoms with E-state index in [0.717, 1.165) is 37.0 Å². The minimum Gasteiger partial charge on any atom is -0.487 e. The first-order chi connectivity index (χ1) is 17.4. The molecule has 3 nitrogen and oxygen atoms in total. The molecule has 0 aromatic heterocycles. The van der Waals surface area contributed by atoms with Crippen LogP contribution in [0.5, 0.6) is 0 Å². The number of carbonyl (C=O) groups is 1. The molecule has 1 heterocycles. The van der Waals surface area contributed by atoms with Crippen LogP contribution >= 0.6 is 0 Å². The average Bonchev–Trinajstić information content (AvgIpc) is 2.89. The van der Waals surface area contributed by atoms with Gasteiger partial charge >= 0.3 is 0 Å². The summed E-state index contributed by atoms with van der Waals surface area (Å²) in [7, 11) is -2.72. The molecule has 192 valence electrons. The van der Waals surface area contributed by atoms with E-state index >= 15 is 0 Å². The molecule has 1 aliphatic carbocycles. The number of ketones is 1. The zero-order valence-electron chi connectivity index (χ0n) is 22.5. The Morgan fingerprint density at radius 2 is 1.58 bits per heavy atom. The molecule has 0 saturated heterocycles. The molecule has 1 aliphatic heterocycles. The zero-order chi connectivity index (χ0) is 25.6. The van der Waals surface area contributed by atoms with E-state index in [0.29, 0.717) is 6.42 Å². The maximum Gasteiger partial charge on any atom is 0.261 e. The van der Waals surface area contributed by atoms with E-state index in [1.54, 1.807) is 0 Å². The molecule has 36 heavy (non-hydrogen) atoms. The first-order valence-corrected chi connectivity index (χ1v) is 15.7. The average molecular weight is 503 g/mol. The van der Waals surface area contributed by atoms with Gasteiger partial charge in [-0.25, -0.2) is 0 Å². The molecule has 0 N–H and O–H groups in total. The number of benzene rings is 2. The second-order valence-electron chi connectivity index (χ2n) is 11.2. The van der Waals surface area contributed by atoms with E-state index in [-0.39, 0.29) is 23.0 Å². The van der Waals surface area contributed by atoms with Crippen molar-refractivity contribution in [2.45, 2.75) is 96.3 Å². The Kier molecular flexibility index (Phi) is 8.69. The monoisotopic (exact) mass is 502 g/mol. The van der Waals surface area contributed by atoms with Crippen molar-refractivity contribution in [3.05, 3.63) is 84.1 Å². The molecule has 0 radical (unpaired) electrons. The van der Waals surface area contributed by atoms with E-state index in [4.69, 9.17) is 9.16 Å². The van der Waals surface area contributed by atoms with E-state index in [1.165, 1.54) is 29.6 Å². The number of Topliss-reactive ketones (excluding diaryl/α,β-unsaturated/α-hetero) is 1. The Bertz CT molecular complexity index is 1030. The van der Waals surface area contributed by atoms with Crippen molar-refractivity contribution < 1.29 is 14.0 Å². The summed E-state index contributed by atoms with van der Waals surface area (Å²) < 4.78 is 14.1. The molecule has 1 unspecified atom stereocenters. The maximum atomic E-state index is 12.5. The summed E-state index contributed by atoms with van der Waals surface area (Å²) in [6.45, 7) is 9.22. The Morgan fingerprint density at radius 1 is 0.944 bits per heavy atom. The van der Waals surface area contributed by atoms with E-state index in [9.17, 15) is 4.79 Å². The number of carbonyl (C=O) groups excluding carboxylic acids is 1. The molecule has 0 fully saturated rings. The van der Waals surface area contributed by atoms with Gasteiger partial charge in [-0.15, -0.1) is 0 Å². The van der Waals surface area contributed by atoms with Crippen molar-refractivity contribution in [1.82, 2.24) is 0 Å². The predicted molar refractivity (Wildman–Crippen MR) is 151 cm³/mol. The number of hydrogen-bond acceptors (Lipinski definition) is 3. The lowest BCUT2D eigenvalue weighted by atomic mass is 9.93. The second-order valence-corrected chi connectivity index (χ2v) is 15.5. The Balaban J connectivity index is 1.75.